The number of para-hydroxylation sites is 1. The first-order valence-electron chi connectivity index (χ1n) is 10.3. The first kappa shape index (κ1) is 20.6. The van der Waals surface area contributed by atoms with Crippen molar-refractivity contribution in [3.8, 4) is 11.1 Å². The van der Waals surface area contributed by atoms with Gasteiger partial charge in [0.2, 0.25) is 5.91 Å². The molecule has 6 nitrogen and oxygen atoms in total. The summed E-state index contributed by atoms with van der Waals surface area (Å²) >= 11 is 0. The molecule has 1 aliphatic heterocycles. The molecule has 0 unspecified atom stereocenters. The van der Waals surface area contributed by atoms with Crippen molar-refractivity contribution in [3.05, 3.63) is 89.5 Å². The van der Waals surface area contributed by atoms with Gasteiger partial charge in [-0.15, -0.1) is 0 Å². The highest BCUT2D eigenvalue weighted by atomic mass is 16.2. The topological polar surface area (TPSA) is 87.5 Å². The molecule has 4 rings (SSSR count). The third-order valence-corrected chi connectivity index (χ3v) is 5.59. The number of hydrogen-bond donors (Lipinski definition) is 3. The fourth-order valence-electron chi connectivity index (χ4n) is 3.93. The summed E-state index contributed by atoms with van der Waals surface area (Å²) in [6, 6.07) is 23.0. The zero-order valence-corrected chi connectivity index (χ0v) is 17.5. The number of carbonyl (C=O) groups excluding carboxylic acids is 2. The highest BCUT2D eigenvalue weighted by Gasteiger charge is 2.26. The van der Waals surface area contributed by atoms with Crippen LogP contribution in [0.15, 0.2) is 72.8 Å². The smallest absolute Gasteiger partial charge is 0.318 e. The van der Waals surface area contributed by atoms with Crippen LogP contribution in [0.25, 0.3) is 11.1 Å². The summed E-state index contributed by atoms with van der Waals surface area (Å²) in [4.78, 5) is 26.4. The Kier molecular flexibility index (Phi) is 6.00. The van der Waals surface area contributed by atoms with Crippen LogP contribution in [-0.4, -0.2) is 29.9 Å². The standard InChI is InChI=1S/C25H26N4O2/c1-27-25(31)28-23-9-5-4-8-21(23)18-12-10-17(11-13-18)15-29-16-20-7-3-2-6-19(20)14-22(26)24(29)30/h2-13,22H,14-16,26H2,1H3,(H2,27,28,31)/t22-/m1/s1. The lowest BCUT2D eigenvalue weighted by Gasteiger charge is -2.23. The van der Waals surface area contributed by atoms with Gasteiger partial charge >= 0.3 is 6.03 Å². The van der Waals surface area contributed by atoms with E-state index in [0.717, 1.165) is 33.5 Å². The summed E-state index contributed by atoms with van der Waals surface area (Å²) in [5.41, 5.74) is 12.1. The fraction of sp³-hybridized carbons (Fsp3) is 0.200. The lowest BCUT2D eigenvalue weighted by Crippen LogP contribution is -2.42. The normalized spacial score (nSPS) is 15.7. The van der Waals surface area contributed by atoms with Crippen LogP contribution < -0.4 is 16.4 Å². The maximum Gasteiger partial charge on any atom is 0.318 e. The van der Waals surface area contributed by atoms with Gasteiger partial charge in [-0.05, 0) is 34.7 Å². The zero-order chi connectivity index (χ0) is 21.8. The number of benzene rings is 3. The van der Waals surface area contributed by atoms with Crippen LogP contribution in [0.1, 0.15) is 16.7 Å². The van der Waals surface area contributed by atoms with Crippen molar-refractivity contribution in [2.45, 2.75) is 25.6 Å². The van der Waals surface area contributed by atoms with Crippen LogP contribution in [0.4, 0.5) is 10.5 Å². The van der Waals surface area contributed by atoms with Gasteiger partial charge in [-0.3, -0.25) is 4.79 Å². The molecule has 0 saturated carbocycles. The molecule has 3 amide bonds. The van der Waals surface area contributed by atoms with Gasteiger partial charge in [-0.1, -0.05) is 66.7 Å². The fourth-order valence-corrected chi connectivity index (χ4v) is 3.93. The Bertz CT molecular complexity index is 1090. The van der Waals surface area contributed by atoms with Crippen molar-refractivity contribution in [1.82, 2.24) is 10.2 Å². The maximum absolute atomic E-state index is 12.8. The van der Waals surface area contributed by atoms with E-state index in [1.807, 2.05) is 71.6 Å². The predicted molar refractivity (Wildman–Crippen MR) is 122 cm³/mol. The van der Waals surface area contributed by atoms with E-state index in [9.17, 15) is 9.59 Å². The second kappa shape index (κ2) is 9.02. The van der Waals surface area contributed by atoms with Crippen molar-refractivity contribution >= 4 is 17.6 Å². The van der Waals surface area contributed by atoms with Gasteiger partial charge < -0.3 is 21.3 Å². The first-order chi connectivity index (χ1) is 15.0. The largest absolute Gasteiger partial charge is 0.341 e. The van der Waals surface area contributed by atoms with E-state index in [1.54, 1.807) is 7.05 Å². The third kappa shape index (κ3) is 4.59. The Hall–Kier alpha value is -3.64. The molecule has 1 heterocycles. The van der Waals surface area contributed by atoms with Gasteiger partial charge in [-0.25, -0.2) is 4.79 Å². The molecule has 31 heavy (non-hydrogen) atoms. The van der Waals surface area contributed by atoms with E-state index in [-0.39, 0.29) is 11.9 Å². The Balaban J connectivity index is 1.54. The number of fused-ring (bicyclic) bond motifs is 1. The van der Waals surface area contributed by atoms with Crippen molar-refractivity contribution < 1.29 is 9.59 Å². The van der Waals surface area contributed by atoms with E-state index >= 15 is 0 Å². The average molecular weight is 415 g/mol. The van der Waals surface area contributed by atoms with Crippen LogP contribution in [-0.2, 0) is 24.3 Å². The highest BCUT2D eigenvalue weighted by molar-refractivity contribution is 5.94. The Morgan fingerprint density at radius 1 is 1.00 bits per heavy atom. The van der Waals surface area contributed by atoms with Gasteiger partial charge in [-0.2, -0.15) is 0 Å². The number of nitrogens with two attached hydrogens (primary N) is 1. The molecule has 4 N–H and O–H groups in total. The number of nitrogens with zero attached hydrogens (tertiary/aromatic N) is 1. The van der Waals surface area contributed by atoms with Crippen LogP contribution in [0.3, 0.4) is 0 Å². The molecule has 3 aromatic carbocycles. The summed E-state index contributed by atoms with van der Waals surface area (Å²) in [5.74, 6) is -0.0274. The second-order valence-corrected chi connectivity index (χ2v) is 7.72. The molecular formula is C25H26N4O2. The monoisotopic (exact) mass is 414 g/mol. The van der Waals surface area contributed by atoms with E-state index < -0.39 is 6.04 Å². The number of amides is 3. The minimum atomic E-state index is -0.523. The number of carbonyl (C=O) groups is 2. The zero-order valence-electron chi connectivity index (χ0n) is 17.5. The Labute approximate surface area is 182 Å². The summed E-state index contributed by atoms with van der Waals surface area (Å²) in [6.45, 7) is 1.06. The summed E-state index contributed by atoms with van der Waals surface area (Å²) in [5, 5.41) is 5.42. The van der Waals surface area contributed by atoms with Gasteiger partial charge in [0, 0.05) is 25.7 Å². The maximum atomic E-state index is 12.8. The molecule has 158 valence electrons. The Morgan fingerprint density at radius 2 is 1.68 bits per heavy atom. The van der Waals surface area contributed by atoms with Crippen molar-refractivity contribution in [2.75, 3.05) is 12.4 Å². The summed E-state index contributed by atoms with van der Waals surface area (Å²) < 4.78 is 0. The third-order valence-electron chi connectivity index (χ3n) is 5.59. The first-order valence-corrected chi connectivity index (χ1v) is 10.3. The molecule has 0 radical (unpaired) electrons. The second-order valence-electron chi connectivity index (χ2n) is 7.72. The van der Waals surface area contributed by atoms with Crippen molar-refractivity contribution in [3.63, 3.8) is 0 Å². The van der Waals surface area contributed by atoms with E-state index in [0.29, 0.717) is 19.5 Å². The lowest BCUT2D eigenvalue weighted by molar-refractivity contribution is -0.133. The number of rotatable bonds is 4. The molecule has 0 saturated heterocycles. The summed E-state index contributed by atoms with van der Waals surface area (Å²) in [7, 11) is 1.58. The van der Waals surface area contributed by atoms with Gasteiger partial charge in [0.25, 0.3) is 0 Å². The SMILES string of the molecule is CNC(=O)Nc1ccccc1-c1ccc(CN2Cc3ccccc3C[C@@H](N)C2=O)cc1. The molecule has 0 aliphatic carbocycles. The van der Waals surface area contributed by atoms with Crippen molar-refractivity contribution in [2.24, 2.45) is 5.73 Å². The summed E-state index contributed by atoms with van der Waals surface area (Å²) in [6.07, 6.45) is 0.569. The molecule has 0 spiro atoms. The van der Waals surface area contributed by atoms with Gasteiger partial charge in [0.15, 0.2) is 0 Å². The lowest BCUT2D eigenvalue weighted by atomic mass is 10.0. The molecule has 1 atom stereocenters. The van der Waals surface area contributed by atoms with Gasteiger partial charge in [0.05, 0.1) is 11.7 Å². The molecule has 0 aromatic heterocycles. The molecule has 3 aromatic rings. The van der Waals surface area contributed by atoms with E-state index in [1.165, 1.54) is 0 Å². The number of hydrogen-bond acceptors (Lipinski definition) is 3. The van der Waals surface area contributed by atoms with Crippen LogP contribution in [0.5, 0.6) is 0 Å². The van der Waals surface area contributed by atoms with Crippen LogP contribution in [0.2, 0.25) is 0 Å². The molecular weight excluding hydrogens is 388 g/mol. The van der Waals surface area contributed by atoms with Crippen molar-refractivity contribution in [1.29, 1.82) is 0 Å². The molecule has 0 bridgehead atoms. The van der Waals surface area contributed by atoms with Crippen LogP contribution >= 0.6 is 0 Å². The van der Waals surface area contributed by atoms with Crippen LogP contribution in [0, 0.1) is 0 Å². The quantitative estimate of drug-likeness (QED) is 0.610. The highest BCUT2D eigenvalue weighted by Crippen LogP contribution is 2.28. The Morgan fingerprint density at radius 3 is 2.42 bits per heavy atom. The molecule has 6 heteroatoms. The van der Waals surface area contributed by atoms with Gasteiger partial charge in [0.1, 0.15) is 0 Å². The van der Waals surface area contributed by atoms with E-state index in [2.05, 4.69) is 16.7 Å². The average Bonchev–Trinajstić information content (AvgIpc) is 2.91. The minimum Gasteiger partial charge on any atom is -0.341 e. The number of nitrogens with one attached hydrogen (secondary N) is 2. The number of urea groups is 1. The molecule has 0 fully saturated rings. The predicted octanol–water partition coefficient (Wildman–Crippen LogP) is 3.52. The molecule has 1 aliphatic rings. The minimum absolute atomic E-state index is 0.0274. The number of anilines is 1. The van der Waals surface area contributed by atoms with E-state index in [4.69, 9.17) is 5.73 Å².